The van der Waals surface area contributed by atoms with Crippen LogP contribution in [0.2, 0.25) is 0 Å². The number of aromatic nitrogens is 3. The van der Waals surface area contributed by atoms with Crippen LogP contribution >= 0.6 is 12.4 Å². The Morgan fingerprint density at radius 3 is 2.81 bits per heavy atom. The first kappa shape index (κ1) is 16.2. The van der Waals surface area contributed by atoms with Gasteiger partial charge in [-0.15, -0.1) is 12.4 Å². The Morgan fingerprint density at radius 2 is 2.10 bits per heavy atom. The zero-order valence-corrected chi connectivity index (χ0v) is 13.5. The molecule has 9 heteroatoms. The number of hydrogen-bond donors (Lipinski definition) is 1. The molecular formula is C12H18ClN5O2S. The molecule has 2 heterocycles. The predicted molar refractivity (Wildman–Crippen MR) is 82.0 cm³/mol. The second-order valence-electron chi connectivity index (χ2n) is 4.98. The summed E-state index contributed by atoms with van der Waals surface area (Å²) in [6.45, 7) is 3.70. The number of rotatable bonds is 2. The molecule has 1 aromatic heterocycles. The van der Waals surface area contributed by atoms with Gasteiger partial charge in [-0.3, -0.25) is 0 Å². The number of piperazine rings is 1. The number of nitrogens with zero attached hydrogens (tertiary/aromatic N) is 4. The van der Waals surface area contributed by atoms with Crippen molar-refractivity contribution < 1.29 is 8.42 Å². The Labute approximate surface area is 129 Å². The summed E-state index contributed by atoms with van der Waals surface area (Å²) >= 11 is 0. The van der Waals surface area contributed by atoms with Crippen LogP contribution in [0.15, 0.2) is 23.1 Å². The van der Waals surface area contributed by atoms with Crippen LogP contribution < -0.4 is 5.32 Å². The van der Waals surface area contributed by atoms with Gasteiger partial charge in [0.15, 0.2) is 0 Å². The maximum atomic E-state index is 12.8. The summed E-state index contributed by atoms with van der Waals surface area (Å²) in [4.78, 5) is 1.63. The van der Waals surface area contributed by atoms with Gasteiger partial charge < -0.3 is 5.32 Å². The molecule has 0 spiro atoms. The number of fused-ring (bicyclic) bond motifs is 1. The van der Waals surface area contributed by atoms with Gasteiger partial charge in [0.25, 0.3) is 0 Å². The van der Waals surface area contributed by atoms with Crippen LogP contribution in [0.3, 0.4) is 0 Å². The van der Waals surface area contributed by atoms with Crippen LogP contribution in [0.25, 0.3) is 11.0 Å². The van der Waals surface area contributed by atoms with E-state index in [-0.39, 0.29) is 23.3 Å². The molecule has 0 bridgehead atoms. The lowest BCUT2D eigenvalue weighted by atomic mass is 10.3. The summed E-state index contributed by atoms with van der Waals surface area (Å²) in [5.41, 5.74) is 1.03. The zero-order valence-electron chi connectivity index (χ0n) is 11.9. The molecule has 116 valence electrons. The fourth-order valence-corrected chi connectivity index (χ4v) is 4.30. The number of aryl methyl sites for hydroxylation is 1. The minimum absolute atomic E-state index is 0. The van der Waals surface area contributed by atoms with Crippen molar-refractivity contribution in [2.24, 2.45) is 7.05 Å². The van der Waals surface area contributed by atoms with Gasteiger partial charge >= 0.3 is 0 Å². The van der Waals surface area contributed by atoms with Crippen LogP contribution in [-0.2, 0) is 17.1 Å². The summed E-state index contributed by atoms with van der Waals surface area (Å²) in [5, 5.41) is 11.5. The lowest BCUT2D eigenvalue weighted by Crippen LogP contribution is -2.52. The van der Waals surface area contributed by atoms with Crippen LogP contribution in [0.4, 0.5) is 0 Å². The first-order valence-electron chi connectivity index (χ1n) is 6.53. The third kappa shape index (κ3) is 2.76. The van der Waals surface area contributed by atoms with Gasteiger partial charge in [0.05, 0.1) is 0 Å². The van der Waals surface area contributed by atoms with Crippen LogP contribution in [0, 0.1) is 0 Å². The first-order valence-corrected chi connectivity index (χ1v) is 7.97. The highest BCUT2D eigenvalue weighted by Gasteiger charge is 2.32. The molecule has 1 fully saturated rings. The van der Waals surface area contributed by atoms with Gasteiger partial charge in [-0.05, 0) is 19.1 Å². The van der Waals surface area contributed by atoms with Crippen molar-refractivity contribution in [1.82, 2.24) is 24.6 Å². The average molecular weight is 332 g/mol. The van der Waals surface area contributed by atoms with E-state index in [1.807, 2.05) is 6.92 Å². The summed E-state index contributed by atoms with van der Waals surface area (Å²) in [6, 6.07) is 5.00. The second kappa shape index (κ2) is 5.88. The smallest absolute Gasteiger partial charge is 0.245 e. The van der Waals surface area contributed by atoms with Gasteiger partial charge in [0.2, 0.25) is 10.0 Å². The SMILES string of the molecule is CC1CNCCN1S(=O)(=O)c1cccc2nn(C)nc12.Cl. The molecule has 3 rings (SSSR count). The molecule has 2 aromatic rings. The standard InChI is InChI=1S/C12H17N5O2S.ClH/c1-9-8-13-6-7-17(9)20(18,19)11-5-3-4-10-12(11)15-16(2)14-10;/h3-5,9,13H,6-8H2,1-2H3;1H. The normalized spacial score (nSPS) is 20.4. The van der Waals surface area contributed by atoms with E-state index in [2.05, 4.69) is 15.5 Å². The van der Waals surface area contributed by atoms with E-state index in [1.165, 1.54) is 9.10 Å². The Morgan fingerprint density at radius 1 is 1.33 bits per heavy atom. The van der Waals surface area contributed by atoms with E-state index in [9.17, 15) is 8.42 Å². The lowest BCUT2D eigenvalue weighted by Gasteiger charge is -2.32. The number of halogens is 1. The molecule has 0 radical (unpaired) electrons. The first-order chi connectivity index (χ1) is 9.50. The van der Waals surface area contributed by atoms with E-state index in [4.69, 9.17) is 0 Å². The van der Waals surface area contributed by atoms with E-state index in [0.29, 0.717) is 30.7 Å². The monoisotopic (exact) mass is 331 g/mol. The summed E-state index contributed by atoms with van der Waals surface area (Å²) in [7, 11) is -1.86. The summed E-state index contributed by atoms with van der Waals surface area (Å²) in [5.74, 6) is 0. The molecule has 7 nitrogen and oxygen atoms in total. The van der Waals surface area contributed by atoms with Crippen molar-refractivity contribution in [2.75, 3.05) is 19.6 Å². The highest BCUT2D eigenvalue weighted by atomic mass is 35.5. The Balaban J connectivity index is 0.00000161. The molecule has 1 aliphatic heterocycles. The van der Waals surface area contributed by atoms with Crippen molar-refractivity contribution >= 4 is 33.5 Å². The molecule has 1 aliphatic rings. The highest BCUT2D eigenvalue weighted by molar-refractivity contribution is 7.89. The van der Waals surface area contributed by atoms with E-state index in [1.54, 1.807) is 25.2 Å². The molecule has 1 atom stereocenters. The third-order valence-corrected chi connectivity index (χ3v) is 5.55. The van der Waals surface area contributed by atoms with Crippen molar-refractivity contribution in [1.29, 1.82) is 0 Å². The molecule has 1 N–H and O–H groups in total. The number of nitrogens with one attached hydrogen (secondary N) is 1. The lowest BCUT2D eigenvalue weighted by molar-refractivity contribution is 0.284. The van der Waals surface area contributed by atoms with Gasteiger partial charge in [0, 0.05) is 32.7 Å². The molecule has 0 aliphatic carbocycles. The fraction of sp³-hybridized carbons (Fsp3) is 0.500. The Bertz CT molecular complexity index is 745. The molecular weight excluding hydrogens is 314 g/mol. The Kier molecular flexibility index (Phi) is 4.52. The van der Waals surface area contributed by atoms with Gasteiger partial charge in [-0.25, -0.2) is 8.42 Å². The van der Waals surface area contributed by atoms with Gasteiger partial charge in [-0.2, -0.15) is 19.3 Å². The van der Waals surface area contributed by atoms with Crippen LogP contribution in [-0.4, -0.2) is 53.4 Å². The zero-order chi connectivity index (χ0) is 14.3. The molecule has 0 saturated carbocycles. The van der Waals surface area contributed by atoms with Crippen molar-refractivity contribution in [2.45, 2.75) is 17.9 Å². The van der Waals surface area contributed by atoms with E-state index >= 15 is 0 Å². The van der Waals surface area contributed by atoms with E-state index in [0.717, 1.165) is 0 Å². The number of hydrogen-bond acceptors (Lipinski definition) is 5. The molecule has 1 saturated heterocycles. The quantitative estimate of drug-likeness (QED) is 0.860. The largest absolute Gasteiger partial charge is 0.314 e. The Hall–Kier alpha value is -1.22. The number of sulfonamides is 1. The third-order valence-electron chi connectivity index (χ3n) is 3.50. The molecule has 21 heavy (non-hydrogen) atoms. The topological polar surface area (TPSA) is 80.1 Å². The minimum Gasteiger partial charge on any atom is -0.314 e. The second-order valence-corrected chi connectivity index (χ2v) is 6.84. The molecule has 1 unspecified atom stereocenters. The molecule has 0 amide bonds. The van der Waals surface area contributed by atoms with Crippen LogP contribution in [0.1, 0.15) is 6.92 Å². The van der Waals surface area contributed by atoms with Crippen LogP contribution in [0.5, 0.6) is 0 Å². The average Bonchev–Trinajstić information content (AvgIpc) is 2.78. The summed E-state index contributed by atoms with van der Waals surface area (Å²) in [6.07, 6.45) is 0. The maximum absolute atomic E-state index is 12.8. The highest BCUT2D eigenvalue weighted by Crippen LogP contribution is 2.25. The predicted octanol–water partition coefficient (Wildman–Crippen LogP) is 0.372. The van der Waals surface area contributed by atoms with Crippen molar-refractivity contribution in [3.05, 3.63) is 18.2 Å². The molecule has 1 aromatic carbocycles. The van der Waals surface area contributed by atoms with Crippen molar-refractivity contribution in [3.8, 4) is 0 Å². The minimum atomic E-state index is -3.55. The summed E-state index contributed by atoms with van der Waals surface area (Å²) < 4.78 is 27.2. The maximum Gasteiger partial charge on any atom is 0.245 e. The van der Waals surface area contributed by atoms with E-state index < -0.39 is 10.0 Å². The van der Waals surface area contributed by atoms with Gasteiger partial charge in [-0.1, -0.05) is 6.07 Å². The fourth-order valence-electron chi connectivity index (χ4n) is 2.53. The van der Waals surface area contributed by atoms with Gasteiger partial charge in [0.1, 0.15) is 15.9 Å². The number of benzene rings is 1. The van der Waals surface area contributed by atoms with Crippen molar-refractivity contribution in [3.63, 3.8) is 0 Å².